The molecule has 0 aromatic carbocycles. The lowest BCUT2D eigenvalue weighted by molar-refractivity contribution is -0.118. The van der Waals surface area contributed by atoms with Crippen molar-refractivity contribution in [3.8, 4) is 0 Å². The molecule has 1 N–H and O–H groups in total. The Balaban J connectivity index is 2.24. The smallest absolute Gasteiger partial charge is 0.216 e. The van der Waals surface area contributed by atoms with E-state index >= 15 is 0 Å². The summed E-state index contributed by atoms with van der Waals surface area (Å²) in [5, 5.41) is 2.76. The summed E-state index contributed by atoms with van der Waals surface area (Å²) in [4.78, 5) is 10.6. The van der Waals surface area contributed by atoms with E-state index in [1.165, 1.54) is 25.3 Å². The summed E-state index contributed by atoms with van der Waals surface area (Å²) in [6.07, 6.45) is 3.19. The van der Waals surface area contributed by atoms with Gasteiger partial charge in [0.25, 0.3) is 0 Å². The van der Waals surface area contributed by atoms with Gasteiger partial charge in [0.2, 0.25) is 5.91 Å². The van der Waals surface area contributed by atoms with Crippen LogP contribution in [0.5, 0.6) is 0 Å². The molecular formula is C10H17NO2. The van der Waals surface area contributed by atoms with Gasteiger partial charge in [-0.15, -0.1) is 0 Å². The number of rotatable bonds is 5. The van der Waals surface area contributed by atoms with Gasteiger partial charge in [0.1, 0.15) is 0 Å². The monoisotopic (exact) mass is 183 g/mol. The van der Waals surface area contributed by atoms with Crippen molar-refractivity contribution in [3.63, 3.8) is 0 Å². The lowest BCUT2D eigenvalue weighted by Gasteiger charge is -2.08. The Hall–Kier alpha value is -0.990. The van der Waals surface area contributed by atoms with E-state index in [-0.39, 0.29) is 5.91 Å². The number of ether oxygens (including phenoxy) is 1. The van der Waals surface area contributed by atoms with E-state index in [1.807, 2.05) is 6.92 Å². The van der Waals surface area contributed by atoms with Crippen molar-refractivity contribution in [2.24, 2.45) is 0 Å². The van der Waals surface area contributed by atoms with Gasteiger partial charge < -0.3 is 10.1 Å². The minimum atomic E-state index is 0.0247. The number of carbonyl (C=O) groups is 1. The Morgan fingerprint density at radius 3 is 2.69 bits per heavy atom. The molecule has 1 rings (SSSR count). The summed E-state index contributed by atoms with van der Waals surface area (Å²) in [6.45, 7) is 4.93. The highest BCUT2D eigenvalue weighted by Gasteiger charge is 2.18. The van der Waals surface area contributed by atoms with Crippen molar-refractivity contribution in [2.45, 2.75) is 33.1 Å². The summed E-state index contributed by atoms with van der Waals surface area (Å²) in [5.41, 5.74) is 1.42. The minimum Gasteiger partial charge on any atom is -0.498 e. The number of allylic oxidation sites excluding steroid dienone is 1. The van der Waals surface area contributed by atoms with Gasteiger partial charge in [0, 0.05) is 19.9 Å². The van der Waals surface area contributed by atoms with Crippen LogP contribution in [0.3, 0.4) is 0 Å². The average molecular weight is 183 g/mol. The summed E-state index contributed by atoms with van der Waals surface area (Å²) in [5.74, 6) is 1.12. The van der Waals surface area contributed by atoms with Gasteiger partial charge in [-0.05, 0) is 25.3 Å². The number of carbonyl (C=O) groups excluding carboxylic acids is 1. The lowest BCUT2D eigenvalue weighted by Crippen LogP contribution is -2.21. The first kappa shape index (κ1) is 10.1. The average Bonchev–Trinajstić information content (AvgIpc) is 2.84. The molecule has 1 amide bonds. The molecule has 0 unspecified atom stereocenters. The molecule has 1 fully saturated rings. The standard InChI is InChI=1S/C10H17NO2/c1-3-13-10(9-4-5-9)6-7-11-8(2)12/h3-7H2,1-2H3,(H,11,12). The normalized spacial score (nSPS) is 13.8. The molecule has 1 saturated carbocycles. The van der Waals surface area contributed by atoms with Crippen LogP contribution in [0.1, 0.15) is 33.1 Å². The summed E-state index contributed by atoms with van der Waals surface area (Å²) < 4.78 is 5.48. The largest absolute Gasteiger partial charge is 0.498 e. The quantitative estimate of drug-likeness (QED) is 0.657. The number of amides is 1. The van der Waals surface area contributed by atoms with Crippen LogP contribution in [0.25, 0.3) is 0 Å². The zero-order valence-corrected chi connectivity index (χ0v) is 8.35. The summed E-state index contributed by atoms with van der Waals surface area (Å²) in [7, 11) is 0. The maximum absolute atomic E-state index is 10.6. The van der Waals surface area contributed by atoms with Crippen LogP contribution in [0.2, 0.25) is 0 Å². The fraction of sp³-hybridized carbons (Fsp3) is 0.700. The molecule has 0 radical (unpaired) electrons. The van der Waals surface area contributed by atoms with E-state index in [2.05, 4.69) is 5.32 Å². The second-order valence-corrected chi connectivity index (χ2v) is 3.19. The fourth-order valence-corrected chi connectivity index (χ4v) is 1.22. The molecule has 0 bridgehead atoms. The molecule has 0 atom stereocenters. The Labute approximate surface area is 79.2 Å². The van der Waals surface area contributed by atoms with Crippen LogP contribution in [-0.4, -0.2) is 19.1 Å². The number of nitrogens with one attached hydrogen (secondary N) is 1. The highest BCUT2D eigenvalue weighted by molar-refractivity contribution is 5.72. The molecule has 74 valence electrons. The van der Waals surface area contributed by atoms with Crippen LogP contribution in [0.15, 0.2) is 11.3 Å². The van der Waals surface area contributed by atoms with Crippen LogP contribution in [0, 0.1) is 0 Å². The minimum absolute atomic E-state index is 0.0247. The maximum Gasteiger partial charge on any atom is 0.216 e. The van der Waals surface area contributed by atoms with Crippen LogP contribution in [-0.2, 0) is 9.53 Å². The molecule has 0 aliphatic heterocycles. The van der Waals surface area contributed by atoms with Gasteiger partial charge in [-0.3, -0.25) is 4.79 Å². The molecule has 13 heavy (non-hydrogen) atoms. The third-order valence-corrected chi connectivity index (χ3v) is 1.94. The number of hydrogen-bond acceptors (Lipinski definition) is 2. The fourth-order valence-electron chi connectivity index (χ4n) is 1.22. The van der Waals surface area contributed by atoms with Crippen molar-refractivity contribution >= 4 is 5.91 Å². The van der Waals surface area contributed by atoms with E-state index < -0.39 is 0 Å². The summed E-state index contributed by atoms with van der Waals surface area (Å²) in [6, 6.07) is 0. The maximum atomic E-state index is 10.6. The molecule has 0 heterocycles. The molecule has 3 nitrogen and oxygen atoms in total. The Morgan fingerprint density at radius 2 is 2.23 bits per heavy atom. The predicted molar refractivity (Wildman–Crippen MR) is 51.2 cm³/mol. The molecule has 3 heteroatoms. The zero-order valence-electron chi connectivity index (χ0n) is 8.35. The van der Waals surface area contributed by atoms with E-state index in [4.69, 9.17) is 4.74 Å². The van der Waals surface area contributed by atoms with Gasteiger partial charge in [-0.2, -0.15) is 0 Å². The van der Waals surface area contributed by atoms with E-state index in [0.29, 0.717) is 6.54 Å². The second-order valence-electron chi connectivity index (χ2n) is 3.19. The van der Waals surface area contributed by atoms with Gasteiger partial charge >= 0.3 is 0 Å². The third-order valence-electron chi connectivity index (χ3n) is 1.94. The SMILES string of the molecule is CCOC(CCNC(C)=O)=C1CC1. The number of hydrogen-bond donors (Lipinski definition) is 1. The van der Waals surface area contributed by atoms with Gasteiger partial charge in [0.15, 0.2) is 0 Å². The molecule has 0 saturated heterocycles. The van der Waals surface area contributed by atoms with Crippen LogP contribution in [0.4, 0.5) is 0 Å². The van der Waals surface area contributed by atoms with Gasteiger partial charge in [0.05, 0.1) is 12.4 Å². The molecule has 0 spiro atoms. The topological polar surface area (TPSA) is 38.3 Å². The van der Waals surface area contributed by atoms with Crippen molar-refractivity contribution in [1.82, 2.24) is 5.32 Å². The van der Waals surface area contributed by atoms with Gasteiger partial charge in [-0.25, -0.2) is 0 Å². The zero-order chi connectivity index (χ0) is 9.68. The highest BCUT2D eigenvalue weighted by Crippen LogP contribution is 2.33. The van der Waals surface area contributed by atoms with Crippen LogP contribution < -0.4 is 5.32 Å². The van der Waals surface area contributed by atoms with Crippen molar-refractivity contribution in [1.29, 1.82) is 0 Å². The van der Waals surface area contributed by atoms with Crippen LogP contribution >= 0.6 is 0 Å². The van der Waals surface area contributed by atoms with E-state index in [9.17, 15) is 4.79 Å². The third kappa shape index (κ3) is 3.97. The van der Waals surface area contributed by atoms with E-state index in [0.717, 1.165) is 18.8 Å². The molecule has 0 aromatic heterocycles. The Morgan fingerprint density at radius 1 is 1.54 bits per heavy atom. The first-order valence-corrected chi connectivity index (χ1v) is 4.82. The first-order valence-electron chi connectivity index (χ1n) is 4.82. The second kappa shape index (κ2) is 4.90. The molecule has 1 aliphatic rings. The summed E-state index contributed by atoms with van der Waals surface area (Å²) >= 11 is 0. The molecule has 0 aromatic rings. The van der Waals surface area contributed by atoms with Crippen molar-refractivity contribution in [3.05, 3.63) is 11.3 Å². The molecular weight excluding hydrogens is 166 g/mol. The van der Waals surface area contributed by atoms with Crippen molar-refractivity contribution in [2.75, 3.05) is 13.2 Å². The van der Waals surface area contributed by atoms with Gasteiger partial charge in [-0.1, -0.05) is 0 Å². The lowest BCUT2D eigenvalue weighted by atomic mass is 10.3. The Bertz CT molecular complexity index is 215. The van der Waals surface area contributed by atoms with E-state index in [1.54, 1.807) is 0 Å². The molecule has 1 aliphatic carbocycles. The Kier molecular flexibility index (Phi) is 3.80. The predicted octanol–water partition coefficient (Wildman–Crippen LogP) is 1.60. The first-order chi connectivity index (χ1) is 6.24. The van der Waals surface area contributed by atoms with Crippen molar-refractivity contribution < 1.29 is 9.53 Å². The highest BCUT2D eigenvalue weighted by atomic mass is 16.5.